The first-order valence-corrected chi connectivity index (χ1v) is 6.98. The average molecular weight is 264 g/mol. The highest BCUT2D eigenvalue weighted by Crippen LogP contribution is 2.18. The van der Waals surface area contributed by atoms with E-state index in [9.17, 15) is 4.79 Å². The van der Waals surface area contributed by atoms with Crippen LogP contribution in [-0.4, -0.2) is 33.7 Å². The number of thioether (sulfide) groups is 1. The Bertz CT molecular complexity index is 351. The fourth-order valence-corrected chi connectivity index (χ4v) is 3.22. The van der Waals surface area contributed by atoms with Crippen molar-refractivity contribution in [3.8, 4) is 0 Å². The second kappa shape index (κ2) is 5.14. The molecule has 0 unspecified atom stereocenters. The number of nitrogens with zero attached hydrogens (tertiary/aromatic N) is 2. The molecule has 0 aliphatic carbocycles. The van der Waals surface area contributed by atoms with E-state index >= 15 is 0 Å². The van der Waals surface area contributed by atoms with Gasteiger partial charge in [0.25, 0.3) is 5.91 Å². The third-order valence-electron chi connectivity index (χ3n) is 2.15. The van der Waals surface area contributed by atoms with Gasteiger partial charge in [0, 0.05) is 6.04 Å². The van der Waals surface area contributed by atoms with Crippen molar-refractivity contribution in [3.05, 3.63) is 9.47 Å². The molecule has 1 fully saturated rings. The summed E-state index contributed by atoms with van der Waals surface area (Å²) in [6.07, 6.45) is 2.06. The molecule has 2 heterocycles. The van der Waals surface area contributed by atoms with Gasteiger partial charge >= 0.3 is 0 Å². The fourth-order valence-electron chi connectivity index (χ4n) is 1.39. The Kier molecular flexibility index (Phi) is 3.82. The molecule has 2 rings (SSSR count). The van der Waals surface area contributed by atoms with E-state index in [-0.39, 0.29) is 11.9 Å². The molecular formula is C8H10ClN3OS2. The molecule has 0 radical (unpaired) electrons. The van der Waals surface area contributed by atoms with E-state index < -0.39 is 0 Å². The largest absolute Gasteiger partial charge is 0.347 e. The van der Waals surface area contributed by atoms with Crippen molar-refractivity contribution < 1.29 is 4.79 Å². The molecule has 0 atom stereocenters. The minimum Gasteiger partial charge on any atom is -0.347 e. The van der Waals surface area contributed by atoms with E-state index in [4.69, 9.17) is 11.6 Å². The van der Waals surface area contributed by atoms with Gasteiger partial charge in [0.2, 0.25) is 9.47 Å². The number of halogens is 1. The summed E-state index contributed by atoms with van der Waals surface area (Å²) in [4.78, 5) is 11.7. The third-order valence-corrected chi connectivity index (χ3v) is 4.22. The fraction of sp³-hybridized carbons (Fsp3) is 0.625. The lowest BCUT2D eigenvalue weighted by atomic mass is 10.1. The van der Waals surface area contributed by atoms with Crippen LogP contribution in [0, 0.1) is 0 Å². The zero-order valence-corrected chi connectivity index (χ0v) is 10.3. The molecule has 1 aliphatic rings. The molecule has 4 nitrogen and oxygen atoms in total. The number of amides is 1. The van der Waals surface area contributed by atoms with E-state index in [0.717, 1.165) is 35.7 Å². The first-order valence-electron chi connectivity index (χ1n) is 4.63. The van der Waals surface area contributed by atoms with Crippen LogP contribution in [0.15, 0.2) is 0 Å². The quantitative estimate of drug-likeness (QED) is 0.884. The van der Waals surface area contributed by atoms with Crippen molar-refractivity contribution in [2.24, 2.45) is 0 Å². The summed E-state index contributed by atoms with van der Waals surface area (Å²) in [5, 5.41) is 10.6. The van der Waals surface area contributed by atoms with Crippen molar-refractivity contribution in [2.75, 3.05) is 11.5 Å². The molecular weight excluding hydrogens is 254 g/mol. The number of aromatic nitrogens is 2. The maximum Gasteiger partial charge on any atom is 0.282 e. The number of rotatable bonds is 2. The van der Waals surface area contributed by atoms with Gasteiger partial charge in [0.1, 0.15) is 0 Å². The number of hydrogen-bond donors (Lipinski definition) is 1. The Morgan fingerprint density at radius 3 is 2.73 bits per heavy atom. The zero-order chi connectivity index (χ0) is 10.7. The van der Waals surface area contributed by atoms with Gasteiger partial charge in [-0.25, -0.2) is 0 Å². The van der Waals surface area contributed by atoms with Crippen LogP contribution in [0.4, 0.5) is 0 Å². The Labute approximate surface area is 101 Å². The molecule has 1 saturated heterocycles. The summed E-state index contributed by atoms with van der Waals surface area (Å²) < 4.78 is 0.305. The van der Waals surface area contributed by atoms with E-state index in [1.165, 1.54) is 0 Å². The van der Waals surface area contributed by atoms with E-state index in [1.54, 1.807) is 0 Å². The average Bonchev–Trinajstić information content (AvgIpc) is 2.66. The zero-order valence-electron chi connectivity index (χ0n) is 7.90. The molecule has 15 heavy (non-hydrogen) atoms. The van der Waals surface area contributed by atoms with Crippen LogP contribution in [0.25, 0.3) is 0 Å². The molecule has 7 heteroatoms. The minimum absolute atomic E-state index is 0.156. The molecule has 1 aliphatic heterocycles. The summed E-state index contributed by atoms with van der Waals surface area (Å²) in [6.45, 7) is 0. The van der Waals surface area contributed by atoms with Crippen LogP contribution >= 0.6 is 34.7 Å². The number of carbonyl (C=O) groups is 1. The number of nitrogens with one attached hydrogen (secondary N) is 1. The van der Waals surface area contributed by atoms with Crippen LogP contribution in [-0.2, 0) is 0 Å². The highest BCUT2D eigenvalue weighted by molar-refractivity contribution is 7.99. The summed E-state index contributed by atoms with van der Waals surface area (Å²) in [5.74, 6) is 2.07. The van der Waals surface area contributed by atoms with Gasteiger partial charge in [-0.05, 0) is 35.9 Å². The summed E-state index contributed by atoms with van der Waals surface area (Å²) in [6, 6.07) is 0.279. The summed E-state index contributed by atoms with van der Waals surface area (Å²) in [5.41, 5.74) is 0. The van der Waals surface area contributed by atoms with Crippen LogP contribution in [0.1, 0.15) is 22.6 Å². The lowest BCUT2D eigenvalue weighted by Crippen LogP contribution is -2.37. The monoisotopic (exact) mass is 263 g/mol. The van der Waals surface area contributed by atoms with Gasteiger partial charge in [-0.2, -0.15) is 11.8 Å². The third kappa shape index (κ3) is 3.06. The predicted molar refractivity (Wildman–Crippen MR) is 62.7 cm³/mol. The smallest absolute Gasteiger partial charge is 0.282 e. The SMILES string of the molecule is O=C(NC1CCSCC1)c1nnc(Cl)s1. The molecule has 0 saturated carbocycles. The highest BCUT2D eigenvalue weighted by Gasteiger charge is 2.19. The lowest BCUT2D eigenvalue weighted by Gasteiger charge is -2.21. The number of hydrogen-bond acceptors (Lipinski definition) is 5. The van der Waals surface area contributed by atoms with Crippen LogP contribution in [0.2, 0.25) is 4.47 Å². The lowest BCUT2D eigenvalue weighted by molar-refractivity contribution is 0.0933. The van der Waals surface area contributed by atoms with Crippen molar-refractivity contribution in [3.63, 3.8) is 0 Å². The van der Waals surface area contributed by atoms with Crippen molar-refractivity contribution in [1.82, 2.24) is 15.5 Å². The molecule has 82 valence electrons. The van der Waals surface area contributed by atoms with Gasteiger partial charge in [-0.1, -0.05) is 11.3 Å². The molecule has 0 aromatic carbocycles. The minimum atomic E-state index is -0.156. The second-order valence-electron chi connectivity index (χ2n) is 3.22. The van der Waals surface area contributed by atoms with Gasteiger partial charge in [0.15, 0.2) is 0 Å². The van der Waals surface area contributed by atoms with Crippen molar-refractivity contribution >= 4 is 40.6 Å². The molecule has 1 aromatic rings. The Morgan fingerprint density at radius 2 is 2.13 bits per heavy atom. The topological polar surface area (TPSA) is 54.9 Å². The standard InChI is InChI=1S/C8H10ClN3OS2/c9-8-12-11-7(15-8)6(13)10-5-1-3-14-4-2-5/h5H,1-4H2,(H,10,13). The second-order valence-corrected chi connectivity index (χ2v) is 6.00. The molecule has 1 N–H and O–H groups in total. The summed E-state index contributed by atoms with van der Waals surface area (Å²) in [7, 11) is 0. The molecule has 1 aromatic heterocycles. The van der Waals surface area contributed by atoms with Crippen LogP contribution < -0.4 is 5.32 Å². The van der Waals surface area contributed by atoms with E-state index in [2.05, 4.69) is 15.5 Å². The number of carbonyl (C=O) groups excluding carboxylic acids is 1. The Morgan fingerprint density at radius 1 is 1.40 bits per heavy atom. The van der Waals surface area contributed by atoms with Crippen molar-refractivity contribution in [2.45, 2.75) is 18.9 Å². The summed E-state index contributed by atoms with van der Waals surface area (Å²) >= 11 is 8.65. The normalized spacial score (nSPS) is 17.7. The molecule has 1 amide bonds. The first kappa shape index (κ1) is 11.2. The van der Waals surface area contributed by atoms with Gasteiger partial charge < -0.3 is 5.32 Å². The van der Waals surface area contributed by atoms with Crippen molar-refractivity contribution in [1.29, 1.82) is 0 Å². The Hall–Kier alpha value is -0.330. The maximum atomic E-state index is 11.7. The molecule has 0 spiro atoms. The van der Waals surface area contributed by atoms with Crippen LogP contribution in [0.3, 0.4) is 0 Å². The predicted octanol–water partition coefficient (Wildman–Crippen LogP) is 1.82. The van der Waals surface area contributed by atoms with Crippen LogP contribution in [0.5, 0.6) is 0 Å². The van der Waals surface area contributed by atoms with Gasteiger partial charge in [-0.15, -0.1) is 10.2 Å². The van der Waals surface area contributed by atoms with Gasteiger partial charge in [-0.3, -0.25) is 4.79 Å². The molecule has 0 bridgehead atoms. The van der Waals surface area contributed by atoms with E-state index in [0.29, 0.717) is 9.47 Å². The van der Waals surface area contributed by atoms with Gasteiger partial charge in [0.05, 0.1) is 0 Å². The highest BCUT2D eigenvalue weighted by atomic mass is 35.5. The van der Waals surface area contributed by atoms with E-state index in [1.807, 2.05) is 11.8 Å². The Balaban J connectivity index is 1.91. The maximum absolute atomic E-state index is 11.7. The first-order chi connectivity index (χ1) is 7.25.